The fourth-order valence-corrected chi connectivity index (χ4v) is 10.2. The number of rotatable bonds is 8. The Kier molecular flexibility index (Phi) is 11.0. The molecule has 2 aliphatic rings. The van der Waals surface area contributed by atoms with Gasteiger partial charge in [-0.1, -0.05) is 156 Å². The van der Waals surface area contributed by atoms with Crippen molar-refractivity contribution >= 4 is 44.6 Å². The third-order valence-corrected chi connectivity index (χ3v) is 13.9. The minimum absolute atomic E-state index is 0. The van der Waals surface area contributed by atoms with Gasteiger partial charge in [-0.15, -0.1) is 35.2 Å². The fraction of sp³-hybridized carbons (Fsp3) is 0.300. The first kappa shape index (κ1) is 45.8. The van der Waals surface area contributed by atoms with Crippen molar-refractivity contribution in [3.63, 3.8) is 0 Å². The van der Waals surface area contributed by atoms with Gasteiger partial charge in [0.05, 0.1) is 5.69 Å². The number of fused-ring (bicyclic) bond motifs is 7. The molecule has 1 saturated heterocycles. The summed E-state index contributed by atoms with van der Waals surface area (Å²) in [5.41, 5.74) is 15.8. The summed E-state index contributed by atoms with van der Waals surface area (Å²) in [5, 5.41) is 2.25. The second-order valence-corrected chi connectivity index (χ2v) is 22.2. The maximum atomic E-state index is 7.00. The smallest absolute Gasteiger partial charge is 0.225 e. The third kappa shape index (κ3) is 7.20. The van der Waals surface area contributed by atoms with Crippen LogP contribution < -0.4 is 13.9 Å². The normalized spacial score (nSPS) is 18.0. The van der Waals surface area contributed by atoms with E-state index in [9.17, 15) is 0 Å². The minimum Gasteiger partial charge on any atom is -0.509 e. The fourth-order valence-electron chi connectivity index (χ4n) is 10.2. The van der Waals surface area contributed by atoms with E-state index in [1.54, 1.807) is 0 Å². The Labute approximate surface area is 407 Å². The summed E-state index contributed by atoms with van der Waals surface area (Å²) < 4.78 is 10.4. The number of ether oxygens (including phenoxy) is 1. The molecule has 340 valence electrons. The molecule has 0 amide bonds. The second kappa shape index (κ2) is 15.9. The summed E-state index contributed by atoms with van der Waals surface area (Å²) in [6.45, 7) is 32.2. The Balaban J connectivity index is 0.00000548. The Bertz CT molecular complexity index is 3170. The average molecular weight is 1050 g/mol. The van der Waals surface area contributed by atoms with E-state index in [1.165, 1.54) is 56.0 Å². The summed E-state index contributed by atoms with van der Waals surface area (Å²) in [4.78, 5) is 5.05. The number of hydrogen-bond acceptors (Lipinski definition) is 2. The summed E-state index contributed by atoms with van der Waals surface area (Å²) in [7, 11) is 0. The van der Waals surface area contributed by atoms with Crippen LogP contribution >= 0.6 is 0 Å². The van der Waals surface area contributed by atoms with Crippen LogP contribution in [0.5, 0.6) is 11.5 Å². The van der Waals surface area contributed by atoms with Crippen LogP contribution in [0.3, 0.4) is 0 Å². The monoisotopic (exact) mass is 1050 g/mol. The molecule has 0 spiro atoms. The van der Waals surface area contributed by atoms with Gasteiger partial charge in [0.25, 0.3) is 0 Å². The molecule has 1 fully saturated rings. The first-order chi connectivity index (χ1) is 30.7. The maximum Gasteiger partial charge on any atom is 0.225 e. The molecule has 0 aliphatic carbocycles. The van der Waals surface area contributed by atoms with Gasteiger partial charge in [0, 0.05) is 68.5 Å². The zero-order valence-corrected chi connectivity index (χ0v) is 43.1. The van der Waals surface area contributed by atoms with Gasteiger partial charge < -0.3 is 9.30 Å². The van der Waals surface area contributed by atoms with Crippen molar-refractivity contribution in [1.29, 1.82) is 0 Å². The number of quaternary nitrogens is 2. The molecule has 4 heterocycles. The number of pyridine rings is 1. The Hall–Kier alpha value is -5.32. The van der Waals surface area contributed by atoms with Crippen molar-refractivity contribution in [2.75, 3.05) is 0 Å². The minimum atomic E-state index is -0.153. The Morgan fingerprint density at radius 1 is 0.576 bits per heavy atom. The molecule has 66 heavy (non-hydrogen) atoms. The SMILES string of the molecule is CC(C)c1cccc(C(C)C)c1-c1ccnc(-n2c3[c-]c(Oc4[c-]c([N+]56[CH-][N@+]5(c5cccc(C(C)(C)C)c5)c5ccc(C(C)(C)C)cc56)cc(C(C)(C)C)c4)ccc3c3ccccc32)c1.[Pt]. The average Bonchev–Trinajstić information content (AvgIpc) is 3.75. The quantitative estimate of drug-likeness (QED) is 0.0861. The summed E-state index contributed by atoms with van der Waals surface area (Å²) in [5.74, 6) is 2.91. The van der Waals surface area contributed by atoms with Crippen LogP contribution in [0.1, 0.15) is 130 Å². The van der Waals surface area contributed by atoms with Crippen LogP contribution in [0.4, 0.5) is 22.7 Å². The standard InChI is InChI=1S/C60H63N4O.Pt/c1-38(2)48-21-17-22-49(39(3)4)57(48)40-28-29-61-56(30-40)62-52-23-15-14-20-50(52)51-26-25-46(36-53(51)62)65-47-33-43(60(11,12)13)32-45(35-47)64-37-63(64,44-19-16-18-41(31-44)58(5,6)7)54-27-24-42(34-55(54)64)59(8,9)10;/h14-34,37-39H,1-13H3;/q-1;/t63-,64?;/m0./s1. The molecule has 6 heteroatoms. The van der Waals surface area contributed by atoms with E-state index in [0.29, 0.717) is 32.5 Å². The van der Waals surface area contributed by atoms with E-state index < -0.39 is 0 Å². The van der Waals surface area contributed by atoms with E-state index >= 15 is 0 Å². The first-order valence-electron chi connectivity index (χ1n) is 23.5. The van der Waals surface area contributed by atoms with Crippen molar-refractivity contribution in [3.8, 4) is 28.4 Å². The molecule has 2 aliphatic heterocycles. The predicted molar refractivity (Wildman–Crippen MR) is 273 cm³/mol. The second-order valence-electron chi connectivity index (χ2n) is 22.2. The van der Waals surface area contributed by atoms with Crippen LogP contribution in [0.2, 0.25) is 0 Å². The zero-order valence-electron chi connectivity index (χ0n) is 40.9. The van der Waals surface area contributed by atoms with Crippen molar-refractivity contribution < 1.29 is 25.8 Å². The maximum absolute atomic E-state index is 7.00. The molecular formula is C60H63N4OPt-. The number of nitrogens with zero attached hydrogens (tertiary/aromatic N) is 4. The molecule has 6 aromatic carbocycles. The van der Waals surface area contributed by atoms with Crippen molar-refractivity contribution in [1.82, 2.24) is 18.7 Å². The zero-order chi connectivity index (χ0) is 46.0. The van der Waals surface area contributed by atoms with E-state index in [2.05, 4.69) is 235 Å². The van der Waals surface area contributed by atoms with Crippen LogP contribution in [0, 0.1) is 18.8 Å². The van der Waals surface area contributed by atoms with E-state index in [4.69, 9.17) is 9.72 Å². The number of aromatic nitrogens is 2. The van der Waals surface area contributed by atoms with E-state index in [1.807, 2.05) is 6.20 Å². The molecule has 0 N–H and O–H groups in total. The molecule has 0 radical (unpaired) electrons. The van der Waals surface area contributed by atoms with Gasteiger partial charge in [-0.05, 0) is 85.0 Å². The van der Waals surface area contributed by atoms with Crippen LogP contribution in [0.25, 0.3) is 38.8 Å². The van der Waals surface area contributed by atoms with Gasteiger partial charge in [-0.25, -0.2) is 9.58 Å². The molecule has 1 unspecified atom stereocenters. The number of benzene rings is 6. The summed E-state index contributed by atoms with van der Waals surface area (Å²) >= 11 is 0. The molecule has 5 nitrogen and oxygen atoms in total. The first-order valence-corrected chi connectivity index (χ1v) is 23.5. The van der Waals surface area contributed by atoms with Crippen LogP contribution in [-0.4, -0.2) is 9.55 Å². The van der Waals surface area contributed by atoms with Gasteiger partial charge in [-0.3, -0.25) is 0 Å². The van der Waals surface area contributed by atoms with Gasteiger partial charge >= 0.3 is 0 Å². The molecule has 2 aromatic heterocycles. The van der Waals surface area contributed by atoms with Gasteiger partial charge in [0.1, 0.15) is 5.82 Å². The topological polar surface area (TPSA) is 27.1 Å². The molecule has 2 atom stereocenters. The molecule has 8 aromatic rings. The molecule has 0 saturated carbocycles. The molecule has 10 rings (SSSR count). The van der Waals surface area contributed by atoms with Gasteiger partial charge in [-0.2, -0.15) is 10.7 Å². The number of hydrogen-bond donors (Lipinski definition) is 0. The predicted octanol–water partition coefficient (Wildman–Crippen LogP) is 16.7. The van der Waals surface area contributed by atoms with E-state index in [0.717, 1.165) is 33.3 Å². The van der Waals surface area contributed by atoms with Crippen LogP contribution in [-0.2, 0) is 37.3 Å². The van der Waals surface area contributed by atoms with E-state index in [-0.39, 0.29) is 37.3 Å². The Morgan fingerprint density at radius 2 is 1.24 bits per heavy atom. The molecule has 0 bridgehead atoms. The van der Waals surface area contributed by atoms with Gasteiger partial charge in [0.2, 0.25) is 11.4 Å². The Morgan fingerprint density at radius 3 is 1.92 bits per heavy atom. The molecular weight excluding hydrogens is 988 g/mol. The summed E-state index contributed by atoms with van der Waals surface area (Å²) in [6.07, 6.45) is 1.95. The third-order valence-electron chi connectivity index (χ3n) is 13.9. The van der Waals surface area contributed by atoms with Crippen molar-refractivity contribution in [3.05, 3.63) is 174 Å². The summed E-state index contributed by atoms with van der Waals surface area (Å²) in [6, 6.07) is 52.4. The number of para-hydroxylation sites is 1. The van der Waals surface area contributed by atoms with Crippen molar-refractivity contribution in [2.45, 2.75) is 118 Å². The largest absolute Gasteiger partial charge is 0.509 e. The van der Waals surface area contributed by atoms with Crippen LogP contribution in [0.15, 0.2) is 128 Å². The van der Waals surface area contributed by atoms with Gasteiger partial charge in [0.15, 0.2) is 12.4 Å². The van der Waals surface area contributed by atoms with Crippen molar-refractivity contribution in [2.24, 2.45) is 0 Å².